The van der Waals surface area contributed by atoms with Crippen molar-refractivity contribution in [1.29, 1.82) is 0 Å². The lowest BCUT2D eigenvalue weighted by atomic mass is 10.3. The molecule has 0 aliphatic rings. The summed E-state index contributed by atoms with van der Waals surface area (Å²) in [5.74, 6) is 1.07. The number of anilines is 2. The second-order valence-corrected chi connectivity index (χ2v) is 7.58. The molecule has 1 N–H and O–H groups in total. The van der Waals surface area contributed by atoms with Crippen LogP contribution in [0, 0.1) is 20.2 Å². The number of nitrogens with zero attached hydrogens (tertiary/aromatic N) is 4. The number of para-hydroxylation sites is 1. The Kier molecular flexibility index (Phi) is 7.45. The number of nitrogens with one attached hydrogen (secondary N) is 1. The summed E-state index contributed by atoms with van der Waals surface area (Å²) in [6.45, 7) is 5.39. The van der Waals surface area contributed by atoms with Crippen molar-refractivity contribution in [3.05, 3.63) is 80.6 Å². The predicted octanol–water partition coefficient (Wildman–Crippen LogP) is 5.54. The van der Waals surface area contributed by atoms with Gasteiger partial charge in [0.15, 0.2) is 5.76 Å². The summed E-state index contributed by atoms with van der Waals surface area (Å²) in [4.78, 5) is 24.5. The lowest BCUT2D eigenvalue weighted by molar-refractivity contribution is -0.387. The van der Waals surface area contributed by atoms with Crippen LogP contribution < -0.4 is 10.3 Å². The summed E-state index contributed by atoms with van der Waals surface area (Å²) in [6.07, 6.45) is 1.48. The molecule has 0 aliphatic carbocycles. The Morgan fingerprint density at radius 1 is 1.03 bits per heavy atom. The van der Waals surface area contributed by atoms with E-state index in [2.05, 4.69) is 10.5 Å². The Balaban J connectivity index is 1.84. The molecule has 0 amide bonds. The van der Waals surface area contributed by atoms with E-state index < -0.39 is 9.85 Å². The number of nitro groups is 2. The smallest absolute Gasteiger partial charge is 0.283 e. The summed E-state index contributed by atoms with van der Waals surface area (Å²) in [5, 5.41) is 26.2. The Bertz CT molecular complexity index is 1130. The highest BCUT2D eigenvalue weighted by Gasteiger charge is 2.20. The van der Waals surface area contributed by atoms with Crippen LogP contribution in [0.4, 0.5) is 22.9 Å². The van der Waals surface area contributed by atoms with E-state index in [0.717, 1.165) is 4.90 Å². The van der Waals surface area contributed by atoms with Gasteiger partial charge in [0, 0.05) is 37.4 Å². The molecule has 10 nitrogen and oxygen atoms in total. The highest BCUT2D eigenvalue weighted by Crippen LogP contribution is 2.41. The molecule has 3 aromatic rings. The van der Waals surface area contributed by atoms with Crippen molar-refractivity contribution in [2.24, 2.45) is 5.10 Å². The van der Waals surface area contributed by atoms with Gasteiger partial charge in [0.25, 0.3) is 11.4 Å². The fourth-order valence-electron chi connectivity index (χ4n) is 2.89. The van der Waals surface area contributed by atoms with Crippen LogP contribution in [0.5, 0.6) is 0 Å². The topological polar surface area (TPSA) is 127 Å². The maximum Gasteiger partial charge on any atom is 0.283 e. The van der Waals surface area contributed by atoms with E-state index in [1.807, 2.05) is 18.7 Å². The van der Waals surface area contributed by atoms with Gasteiger partial charge in [-0.2, -0.15) is 5.10 Å². The molecule has 0 saturated carbocycles. The van der Waals surface area contributed by atoms with Gasteiger partial charge >= 0.3 is 0 Å². The van der Waals surface area contributed by atoms with Crippen molar-refractivity contribution in [3.8, 4) is 0 Å². The summed E-state index contributed by atoms with van der Waals surface area (Å²) < 4.78 is 5.98. The van der Waals surface area contributed by atoms with Gasteiger partial charge in [0.05, 0.1) is 31.5 Å². The van der Waals surface area contributed by atoms with E-state index >= 15 is 0 Å². The van der Waals surface area contributed by atoms with Gasteiger partial charge in [0.1, 0.15) is 0 Å². The second kappa shape index (κ2) is 10.4. The Morgan fingerprint density at radius 3 is 2.34 bits per heavy atom. The van der Waals surface area contributed by atoms with Crippen LogP contribution >= 0.6 is 11.8 Å². The monoisotopic (exact) mass is 455 g/mol. The first-order valence-electron chi connectivity index (χ1n) is 9.76. The first kappa shape index (κ1) is 22.8. The van der Waals surface area contributed by atoms with E-state index in [-0.39, 0.29) is 11.4 Å². The van der Waals surface area contributed by atoms with Gasteiger partial charge in [-0.3, -0.25) is 25.7 Å². The molecule has 0 fully saturated rings. The van der Waals surface area contributed by atoms with Gasteiger partial charge in [-0.1, -0.05) is 23.9 Å². The largest absolute Gasteiger partial charge is 0.438 e. The standard InChI is InChI=1S/C21H21N5O5S/c1-3-24(4-2)21-20(32-19-8-6-5-7-18(19)26(29)30)13-17(31-21)14-22-23-15-9-11-16(12-10-15)25(27)28/h5-14,23H,3-4H2,1-2H3. The Morgan fingerprint density at radius 2 is 1.72 bits per heavy atom. The SMILES string of the molecule is CCN(CC)c1oc(C=NNc2ccc([N+](=O)[O-])cc2)cc1Sc1ccccc1[N+](=O)[O-]. The number of nitro benzene ring substituents is 2. The van der Waals surface area contributed by atoms with Gasteiger partial charge in [-0.25, -0.2) is 0 Å². The molecular weight excluding hydrogens is 434 g/mol. The molecular formula is C21H21N5O5S. The normalized spacial score (nSPS) is 10.9. The molecule has 0 unspecified atom stereocenters. The minimum absolute atomic E-state index is 0.00824. The Labute approximate surface area is 188 Å². The zero-order valence-electron chi connectivity index (χ0n) is 17.4. The molecule has 166 valence electrons. The van der Waals surface area contributed by atoms with E-state index in [0.29, 0.717) is 35.3 Å². The fraction of sp³-hybridized carbons (Fsp3) is 0.190. The van der Waals surface area contributed by atoms with Crippen LogP contribution in [-0.4, -0.2) is 29.2 Å². The van der Waals surface area contributed by atoms with Crippen LogP contribution in [0.15, 0.2) is 73.9 Å². The van der Waals surface area contributed by atoms with Crippen LogP contribution in [0.1, 0.15) is 19.6 Å². The number of benzene rings is 2. The summed E-state index contributed by atoms with van der Waals surface area (Å²) in [5.41, 5.74) is 3.40. The quantitative estimate of drug-likeness (QED) is 0.240. The molecule has 2 aromatic carbocycles. The lowest BCUT2D eigenvalue weighted by Crippen LogP contribution is -2.21. The van der Waals surface area contributed by atoms with Gasteiger partial charge in [-0.15, -0.1) is 0 Å². The molecule has 1 aromatic heterocycles. The molecule has 0 saturated heterocycles. The molecule has 0 atom stereocenters. The van der Waals surface area contributed by atoms with Crippen molar-refractivity contribution >= 4 is 40.9 Å². The fourth-order valence-corrected chi connectivity index (χ4v) is 3.95. The second-order valence-electron chi connectivity index (χ2n) is 6.49. The average Bonchev–Trinajstić information content (AvgIpc) is 3.17. The average molecular weight is 455 g/mol. The molecule has 3 rings (SSSR count). The molecule has 0 aliphatic heterocycles. The van der Waals surface area contributed by atoms with Gasteiger partial charge < -0.3 is 9.32 Å². The van der Waals surface area contributed by atoms with Crippen LogP contribution in [0.25, 0.3) is 0 Å². The third kappa shape index (κ3) is 5.43. The number of hydrogen-bond acceptors (Lipinski definition) is 9. The summed E-state index contributed by atoms with van der Waals surface area (Å²) in [6, 6.07) is 14.2. The van der Waals surface area contributed by atoms with E-state index in [4.69, 9.17) is 4.42 Å². The molecule has 1 heterocycles. The highest BCUT2D eigenvalue weighted by molar-refractivity contribution is 7.99. The maximum atomic E-state index is 11.4. The number of hydrogen-bond donors (Lipinski definition) is 1. The zero-order valence-corrected chi connectivity index (χ0v) is 18.2. The van der Waals surface area contributed by atoms with Crippen molar-refractivity contribution in [1.82, 2.24) is 0 Å². The first-order chi connectivity index (χ1) is 15.4. The number of rotatable bonds is 10. The lowest BCUT2D eigenvalue weighted by Gasteiger charge is -2.18. The number of non-ortho nitro benzene ring substituents is 1. The van der Waals surface area contributed by atoms with Crippen molar-refractivity contribution in [2.45, 2.75) is 23.6 Å². The maximum absolute atomic E-state index is 11.4. The van der Waals surface area contributed by atoms with E-state index in [9.17, 15) is 20.2 Å². The van der Waals surface area contributed by atoms with Crippen molar-refractivity contribution in [3.63, 3.8) is 0 Å². The van der Waals surface area contributed by atoms with E-state index in [1.165, 1.54) is 36.2 Å². The minimum atomic E-state index is -0.471. The highest BCUT2D eigenvalue weighted by atomic mass is 32.2. The Hall–Kier alpha value is -3.86. The predicted molar refractivity (Wildman–Crippen MR) is 124 cm³/mol. The van der Waals surface area contributed by atoms with Gasteiger partial charge in [-0.05, 0) is 32.0 Å². The zero-order chi connectivity index (χ0) is 23.1. The van der Waals surface area contributed by atoms with Crippen LogP contribution in [0.3, 0.4) is 0 Å². The summed E-state index contributed by atoms with van der Waals surface area (Å²) >= 11 is 1.26. The third-order valence-electron chi connectivity index (χ3n) is 4.49. The molecule has 32 heavy (non-hydrogen) atoms. The van der Waals surface area contributed by atoms with Crippen molar-refractivity contribution < 1.29 is 14.3 Å². The third-order valence-corrected chi connectivity index (χ3v) is 5.57. The molecule has 11 heteroatoms. The number of hydrazone groups is 1. The van der Waals surface area contributed by atoms with E-state index in [1.54, 1.807) is 36.4 Å². The van der Waals surface area contributed by atoms with Gasteiger partial charge in [0.2, 0.25) is 5.88 Å². The molecule has 0 spiro atoms. The van der Waals surface area contributed by atoms with Crippen LogP contribution in [-0.2, 0) is 0 Å². The van der Waals surface area contributed by atoms with Crippen molar-refractivity contribution in [2.75, 3.05) is 23.4 Å². The minimum Gasteiger partial charge on any atom is -0.438 e. The first-order valence-corrected chi connectivity index (χ1v) is 10.6. The number of furan rings is 1. The molecule has 0 radical (unpaired) electrons. The molecule has 0 bridgehead atoms. The van der Waals surface area contributed by atoms with Crippen LogP contribution in [0.2, 0.25) is 0 Å². The summed E-state index contributed by atoms with van der Waals surface area (Å²) in [7, 11) is 0.